The molecule has 0 aliphatic rings. The normalized spacial score (nSPS) is 11.4. The molecule has 108 valence electrons. The van der Waals surface area contributed by atoms with Crippen LogP contribution in [0.2, 0.25) is 0 Å². The smallest absolute Gasteiger partial charge is 0.122 e. The fraction of sp³-hybridized carbons (Fsp3) is 0.118. The summed E-state index contributed by atoms with van der Waals surface area (Å²) in [6.07, 6.45) is 2.00. The molecule has 0 bridgehead atoms. The van der Waals surface area contributed by atoms with E-state index in [-0.39, 0.29) is 18.0 Å². The maximum atomic E-state index is 9.77. The van der Waals surface area contributed by atoms with Gasteiger partial charge in [0.25, 0.3) is 0 Å². The Morgan fingerprint density at radius 2 is 1.62 bits per heavy atom. The molecule has 0 spiro atoms. The molecule has 2 aromatic rings. The molecule has 0 aliphatic heterocycles. The van der Waals surface area contributed by atoms with Crippen LogP contribution in [0.15, 0.2) is 54.1 Å². The van der Waals surface area contributed by atoms with Gasteiger partial charge in [0.1, 0.15) is 11.5 Å². The molecule has 2 rings (SSSR count). The van der Waals surface area contributed by atoms with E-state index in [2.05, 4.69) is 0 Å². The molecule has 21 heavy (non-hydrogen) atoms. The van der Waals surface area contributed by atoms with Crippen molar-refractivity contribution in [2.45, 2.75) is 6.42 Å². The largest absolute Gasteiger partial charge is 0.508 e. The second-order valence-electron chi connectivity index (χ2n) is 4.72. The third-order valence-electron chi connectivity index (χ3n) is 3.23. The predicted octanol–water partition coefficient (Wildman–Crippen LogP) is 2.70. The zero-order valence-electron chi connectivity index (χ0n) is 11.6. The fourth-order valence-corrected chi connectivity index (χ4v) is 2.03. The summed E-state index contributed by atoms with van der Waals surface area (Å²) in [5.74, 6) is 0.319. The molecule has 0 unspecified atom stereocenters. The summed E-state index contributed by atoms with van der Waals surface area (Å²) < 4.78 is 0. The summed E-state index contributed by atoms with van der Waals surface area (Å²) in [4.78, 5) is 0. The van der Waals surface area contributed by atoms with Gasteiger partial charge in [0, 0.05) is 24.2 Å². The van der Waals surface area contributed by atoms with Crippen LogP contribution in [0, 0.1) is 5.41 Å². The van der Waals surface area contributed by atoms with E-state index in [1.807, 2.05) is 12.1 Å². The number of nitrogens with two attached hydrogens (primary N) is 1. The predicted molar refractivity (Wildman–Crippen MR) is 84.7 cm³/mol. The molecule has 4 heteroatoms. The Morgan fingerprint density at radius 1 is 1.00 bits per heavy atom. The van der Waals surface area contributed by atoms with E-state index < -0.39 is 0 Å². The Hall–Kier alpha value is -2.59. The van der Waals surface area contributed by atoms with Gasteiger partial charge in [0.2, 0.25) is 0 Å². The van der Waals surface area contributed by atoms with Crippen molar-refractivity contribution >= 4 is 11.8 Å². The van der Waals surface area contributed by atoms with Crippen molar-refractivity contribution in [3.8, 4) is 11.5 Å². The first-order chi connectivity index (χ1) is 10.1. The Morgan fingerprint density at radius 3 is 2.24 bits per heavy atom. The van der Waals surface area contributed by atoms with Gasteiger partial charge in [-0.1, -0.05) is 36.4 Å². The first kappa shape index (κ1) is 14.8. The minimum atomic E-state index is 0.152. The molecule has 0 aliphatic carbocycles. The van der Waals surface area contributed by atoms with Gasteiger partial charge < -0.3 is 21.4 Å². The molecule has 0 aromatic heterocycles. The molecule has 4 nitrogen and oxygen atoms in total. The number of rotatable bonds is 5. The third-order valence-corrected chi connectivity index (χ3v) is 3.23. The molecule has 0 amide bonds. The Kier molecular flexibility index (Phi) is 4.74. The van der Waals surface area contributed by atoms with Crippen molar-refractivity contribution in [3.05, 3.63) is 65.2 Å². The van der Waals surface area contributed by atoms with Crippen molar-refractivity contribution in [1.82, 2.24) is 0 Å². The monoisotopic (exact) mass is 282 g/mol. The lowest BCUT2D eigenvalue weighted by Gasteiger charge is -2.09. The van der Waals surface area contributed by atoms with Crippen LogP contribution < -0.4 is 5.73 Å². The number of hydrogen-bond donors (Lipinski definition) is 4. The molecule has 2 aromatic carbocycles. The van der Waals surface area contributed by atoms with Gasteiger partial charge in [0.15, 0.2) is 0 Å². The van der Waals surface area contributed by atoms with Crippen molar-refractivity contribution < 1.29 is 10.2 Å². The molecule has 5 N–H and O–H groups in total. The Balaban J connectivity index is 2.24. The molecule has 0 saturated heterocycles. The van der Waals surface area contributed by atoms with Crippen molar-refractivity contribution in [1.29, 1.82) is 5.41 Å². The van der Waals surface area contributed by atoms with E-state index in [1.165, 1.54) is 0 Å². The van der Waals surface area contributed by atoms with Crippen LogP contribution in [0.25, 0.3) is 6.08 Å². The summed E-state index contributed by atoms with van der Waals surface area (Å²) in [6, 6.07) is 13.8. The van der Waals surface area contributed by atoms with E-state index in [0.717, 1.165) is 0 Å². The quantitative estimate of drug-likeness (QED) is 0.635. The Labute approximate surface area is 123 Å². The van der Waals surface area contributed by atoms with E-state index >= 15 is 0 Å². The van der Waals surface area contributed by atoms with Crippen LogP contribution in [0.4, 0.5) is 0 Å². The molecule has 0 fully saturated rings. The lowest BCUT2D eigenvalue weighted by Crippen LogP contribution is -2.14. The number of para-hydroxylation sites is 2. The van der Waals surface area contributed by atoms with Crippen LogP contribution >= 0.6 is 0 Å². The van der Waals surface area contributed by atoms with Gasteiger partial charge in [-0.15, -0.1) is 0 Å². The van der Waals surface area contributed by atoms with E-state index in [1.54, 1.807) is 42.5 Å². The number of benzene rings is 2. The van der Waals surface area contributed by atoms with Crippen LogP contribution in [-0.4, -0.2) is 22.5 Å². The topological polar surface area (TPSA) is 90.3 Å². The molecule has 0 radical (unpaired) electrons. The summed E-state index contributed by atoms with van der Waals surface area (Å²) in [5, 5.41) is 27.7. The van der Waals surface area contributed by atoms with Gasteiger partial charge in [-0.25, -0.2) is 0 Å². The Bertz CT molecular complexity index is 678. The van der Waals surface area contributed by atoms with Gasteiger partial charge >= 0.3 is 0 Å². The molecule has 0 heterocycles. The highest BCUT2D eigenvalue weighted by Crippen LogP contribution is 2.21. The number of hydrogen-bond acceptors (Lipinski definition) is 4. The minimum Gasteiger partial charge on any atom is -0.508 e. The molecule has 0 saturated carbocycles. The highest BCUT2D eigenvalue weighted by atomic mass is 16.3. The molecular formula is C17H18N2O2. The third kappa shape index (κ3) is 3.70. The highest BCUT2D eigenvalue weighted by molar-refractivity contribution is 6.03. The summed E-state index contributed by atoms with van der Waals surface area (Å²) in [7, 11) is 0. The molecule has 0 atom stereocenters. The van der Waals surface area contributed by atoms with Crippen molar-refractivity contribution in [2.75, 3.05) is 6.54 Å². The highest BCUT2D eigenvalue weighted by Gasteiger charge is 2.09. The zero-order valence-corrected chi connectivity index (χ0v) is 11.6. The number of phenols is 2. The number of phenolic OH excluding ortho intramolecular Hbond substituents is 2. The van der Waals surface area contributed by atoms with E-state index in [4.69, 9.17) is 11.1 Å². The van der Waals surface area contributed by atoms with Gasteiger partial charge in [-0.3, -0.25) is 0 Å². The first-order valence-electron chi connectivity index (χ1n) is 6.65. The van der Waals surface area contributed by atoms with Crippen LogP contribution in [-0.2, 0) is 6.42 Å². The van der Waals surface area contributed by atoms with Crippen LogP contribution in [0.5, 0.6) is 11.5 Å². The summed E-state index contributed by atoms with van der Waals surface area (Å²) in [5.41, 5.74) is 7.96. The average Bonchev–Trinajstić information content (AvgIpc) is 2.48. The maximum Gasteiger partial charge on any atom is 0.122 e. The number of aromatic hydroxyl groups is 2. The lowest BCUT2D eigenvalue weighted by molar-refractivity contribution is 0.470. The van der Waals surface area contributed by atoms with Crippen molar-refractivity contribution in [2.24, 2.45) is 5.73 Å². The van der Waals surface area contributed by atoms with Crippen LogP contribution in [0.1, 0.15) is 11.1 Å². The summed E-state index contributed by atoms with van der Waals surface area (Å²) >= 11 is 0. The maximum absolute atomic E-state index is 9.77. The van der Waals surface area contributed by atoms with E-state index in [0.29, 0.717) is 28.8 Å². The average molecular weight is 282 g/mol. The SMILES string of the molecule is N=C(Cc1ccccc1O)C(=Cc1ccccc1O)CN. The second-order valence-corrected chi connectivity index (χ2v) is 4.72. The second kappa shape index (κ2) is 6.72. The zero-order chi connectivity index (χ0) is 15.2. The standard InChI is InChI=1S/C17H18N2O2/c18-11-14(9-12-5-1-3-7-16(12)20)15(19)10-13-6-2-4-8-17(13)21/h1-9,19-21H,10-11,18H2. The fourth-order valence-electron chi connectivity index (χ4n) is 2.03. The van der Waals surface area contributed by atoms with Crippen LogP contribution in [0.3, 0.4) is 0 Å². The number of nitrogens with one attached hydrogen (secondary N) is 1. The van der Waals surface area contributed by atoms with Gasteiger partial charge in [-0.2, -0.15) is 0 Å². The first-order valence-corrected chi connectivity index (χ1v) is 6.65. The van der Waals surface area contributed by atoms with Gasteiger partial charge in [-0.05, 0) is 29.3 Å². The lowest BCUT2D eigenvalue weighted by atomic mass is 9.99. The van der Waals surface area contributed by atoms with Gasteiger partial charge in [0.05, 0.1) is 0 Å². The van der Waals surface area contributed by atoms with Crippen molar-refractivity contribution in [3.63, 3.8) is 0 Å². The molecular weight excluding hydrogens is 264 g/mol. The minimum absolute atomic E-state index is 0.152. The summed E-state index contributed by atoms with van der Waals surface area (Å²) in [6.45, 7) is 0.195. The van der Waals surface area contributed by atoms with E-state index in [9.17, 15) is 10.2 Å².